The zero-order chi connectivity index (χ0) is 12.6. The second-order valence-electron chi connectivity index (χ2n) is 4.96. The van der Waals surface area contributed by atoms with E-state index in [1.165, 1.54) is 0 Å². The number of aliphatic hydroxyl groups is 1. The Balaban J connectivity index is 2.22. The van der Waals surface area contributed by atoms with Gasteiger partial charge in [0.05, 0.1) is 28.1 Å². The molecule has 0 bridgehead atoms. The van der Waals surface area contributed by atoms with Crippen molar-refractivity contribution in [3.63, 3.8) is 0 Å². The molecule has 17 heavy (non-hydrogen) atoms. The molecule has 0 saturated heterocycles. The maximum Gasteiger partial charge on any atom is 0.0963 e. The standard InChI is InChI=1S/C12H19BrN2O2/c1-8-11(13)10(15(2)14-8)6-12(16,7-17-3)9-4-5-9/h9,16H,4-7H2,1-3H3. The van der Waals surface area contributed by atoms with E-state index in [2.05, 4.69) is 21.0 Å². The molecule has 0 amide bonds. The lowest BCUT2D eigenvalue weighted by atomic mass is 9.92. The quantitative estimate of drug-likeness (QED) is 0.902. The van der Waals surface area contributed by atoms with Gasteiger partial charge in [-0.3, -0.25) is 4.68 Å². The predicted octanol–water partition coefficient (Wildman–Crippen LogP) is 1.82. The van der Waals surface area contributed by atoms with E-state index in [1.54, 1.807) is 7.11 Å². The summed E-state index contributed by atoms with van der Waals surface area (Å²) in [5.74, 6) is 0.365. The smallest absolute Gasteiger partial charge is 0.0963 e. The molecule has 4 nitrogen and oxygen atoms in total. The second kappa shape index (κ2) is 4.71. The molecule has 1 atom stereocenters. The molecule has 96 valence electrons. The number of rotatable bonds is 5. The lowest BCUT2D eigenvalue weighted by Gasteiger charge is -2.27. The number of aromatic nitrogens is 2. The molecule has 1 aromatic rings. The van der Waals surface area contributed by atoms with Crippen LogP contribution in [0.25, 0.3) is 0 Å². The van der Waals surface area contributed by atoms with Crippen molar-refractivity contribution in [1.29, 1.82) is 0 Å². The summed E-state index contributed by atoms with van der Waals surface area (Å²) in [5.41, 5.74) is 1.24. The van der Waals surface area contributed by atoms with Gasteiger partial charge < -0.3 is 9.84 Å². The molecule has 1 heterocycles. The molecule has 2 rings (SSSR count). The molecule has 1 aromatic heterocycles. The fourth-order valence-electron chi connectivity index (χ4n) is 2.35. The molecule has 1 aliphatic carbocycles. The average Bonchev–Trinajstić information content (AvgIpc) is 3.05. The summed E-state index contributed by atoms with van der Waals surface area (Å²) in [4.78, 5) is 0. The highest BCUT2D eigenvalue weighted by atomic mass is 79.9. The van der Waals surface area contributed by atoms with Gasteiger partial charge >= 0.3 is 0 Å². The Hall–Kier alpha value is -0.390. The fourth-order valence-corrected chi connectivity index (χ4v) is 2.82. The Morgan fingerprint density at radius 3 is 2.65 bits per heavy atom. The van der Waals surface area contributed by atoms with Crippen molar-refractivity contribution in [2.24, 2.45) is 13.0 Å². The first kappa shape index (κ1) is 13.1. The van der Waals surface area contributed by atoms with Gasteiger partial charge in [-0.1, -0.05) is 0 Å². The second-order valence-corrected chi connectivity index (χ2v) is 5.75. The maximum absolute atomic E-state index is 10.7. The fraction of sp³-hybridized carbons (Fsp3) is 0.750. The lowest BCUT2D eigenvalue weighted by molar-refractivity contribution is -0.0486. The number of halogens is 1. The third-order valence-corrected chi connectivity index (χ3v) is 4.50. The van der Waals surface area contributed by atoms with Gasteiger partial charge in [-0.25, -0.2) is 0 Å². The van der Waals surface area contributed by atoms with E-state index in [1.807, 2.05) is 18.7 Å². The number of aryl methyl sites for hydroxylation is 2. The largest absolute Gasteiger partial charge is 0.387 e. The Morgan fingerprint density at radius 2 is 2.24 bits per heavy atom. The van der Waals surface area contributed by atoms with Crippen LogP contribution >= 0.6 is 15.9 Å². The number of hydrogen-bond donors (Lipinski definition) is 1. The van der Waals surface area contributed by atoms with Gasteiger partial charge in [0, 0.05) is 20.6 Å². The summed E-state index contributed by atoms with van der Waals surface area (Å²) in [6, 6.07) is 0. The predicted molar refractivity (Wildman–Crippen MR) is 68.9 cm³/mol. The number of hydrogen-bond acceptors (Lipinski definition) is 3. The topological polar surface area (TPSA) is 47.3 Å². The number of nitrogens with zero attached hydrogens (tertiary/aromatic N) is 2. The summed E-state index contributed by atoms with van der Waals surface area (Å²) in [6.45, 7) is 2.34. The molecule has 5 heteroatoms. The molecule has 0 spiro atoms. The summed E-state index contributed by atoms with van der Waals surface area (Å²) >= 11 is 3.54. The van der Waals surface area contributed by atoms with Crippen molar-refractivity contribution in [1.82, 2.24) is 9.78 Å². The van der Waals surface area contributed by atoms with Gasteiger partial charge in [0.25, 0.3) is 0 Å². The minimum absolute atomic E-state index is 0.365. The highest BCUT2D eigenvalue weighted by Gasteiger charge is 2.44. The molecular weight excluding hydrogens is 284 g/mol. The van der Waals surface area contributed by atoms with Gasteiger partial charge in [-0.15, -0.1) is 0 Å². The van der Waals surface area contributed by atoms with Crippen molar-refractivity contribution < 1.29 is 9.84 Å². The van der Waals surface area contributed by atoms with E-state index in [0.29, 0.717) is 18.9 Å². The first-order valence-electron chi connectivity index (χ1n) is 5.87. The highest BCUT2D eigenvalue weighted by Crippen LogP contribution is 2.42. The first-order chi connectivity index (χ1) is 7.98. The monoisotopic (exact) mass is 302 g/mol. The van der Waals surface area contributed by atoms with Gasteiger partial charge in [0.15, 0.2) is 0 Å². The Bertz CT molecular complexity index is 415. The third kappa shape index (κ3) is 2.56. The molecule has 0 aliphatic heterocycles. The Labute approximate surface area is 110 Å². The van der Waals surface area contributed by atoms with Gasteiger partial charge in [-0.05, 0) is 41.6 Å². The lowest BCUT2D eigenvalue weighted by Crippen LogP contribution is -2.39. The van der Waals surface area contributed by atoms with Crippen molar-refractivity contribution in [3.05, 3.63) is 15.9 Å². The molecule has 0 radical (unpaired) electrons. The van der Waals surface area contributed by atoms with Crippen LogP contribution < -0.4 is 0 Å². The van der Waals surface area contributed by atoms with Crippen LogP contribution in [0.15, 0.2) is 4.47 Å². The number of ether oxygens (including phenoxy) is 1. The third-order valence-electron chi connectivity index (χ3n) is 3.47. The summed E-state index contributed by atoms with van der Waals surface area (Å²) < 4.78 is 8.00. The van der Waals surface area contributed by atoms with Crippen LogP contribution in [0.2, 0.25) is 0 Å². The summed E-state index contributed by atoms with van der Waals surface area (Å²) in [7, 11) is 3.55. The zero-order valence-corrected chi connectivity index (χ0v) is 12.1. The van der Waals surface area contributed by atoms with E-state index < -0.39 is 5.60 Å². The SMILES string of the molecule is COCC(O)(Cc1c(Br)c(C)nn1C)C1CC1. The van der Waals surface area contributed by atoms with Crippen molar-refractivity contribution in [3.8, 4) is 0 Å². The zero-order valence-electron chi connectivity index (χ0n) is 10.5. The molecule has 1 saturated carbocycles. The normalized spacial score (nSPS) is 19.4. The molecular formula is C12H19BrN2O2. The van der Waals surface area contributed by atoms with Gasteiger partial charge in [0.2, 0.25) is 0 Å². The van der Waals surface area contributed by atoms with Crippen LogP contribution in [-0.4, -0.2) is 34.2 Å². The molecule has 1 fully saturated rings. The van der Waals surface area contributed by atoms with Crippen LogP contribution in [0.3, 0.4) is 0 Å². The minimum atomic E-state index is -0.752. The van der Waals surface area contributed by atoms with E-state index in [0.717, 1.165) is 28.7 Å². The van der Waals surface area contributed by atoms with E-state index >= 15 is 0 Å². The molecule has 1 unspecified atom stereocenters. The van der Waals surface area contributed by atoms with Crippen molar-refractivity contribution in [2.75, 3.05) is 13.7 Å². The van der Waals surface area contributed by atoms with Crippen LogP contribution in [0.5, 0.6) is 0 Å². The average molecular weight is 303 g/mol. The van der Waals surface area contributed by atoms with E-state index in [9.17, 15) is 5.11 Å². The van der Waals surface area contributed by atoms with Crippen LogP contribution in [-0.2, 0) is 18.2 Å². The number of methoxy groups -OCH3 is 1. The molecule has 0 aromatic carbocycles. The minimum Gasteiger partial charge on any atom is -0.387 e. The van der Waals surface area contributed by atoms with Crippen molar-refractivity contribution >= 4 is 15.9 Å². The van der Waals surface area contributed by atoms with Crippen LogP contribution in [0, 0.1) is 12.8 Å². The summed E-state index contributed by atoms with van der Waals surface area (Å²) in [6.07, 6.45) is 2.77. The maximum atomic E-state index is 10.7. The van der Waals surface area contributed by atoms with Gasteiger partial charge in [-0.2, -0.15) is 5.10 Å². The molecule has 1 N–H and O–H groups in total. The van der Waals surface area contributed by atoms with Crippen LogP contribution in [0.1, 0.15) is 24.2 Å². The summed E-state index contributed by atoms with van der Waals surface area (Å²) in [5, 5.41) is 15.0. The van der Waals surface area contributed by atoms with E-state index in [4.69, 9.17) is 4.74 Å². The Morgan fingerprint density at radius 1 is 1.59 bits per heavy atom. The molecule has 1 aliphatic rings. The Kier molecular flexibility index (Phi) is 3.61. The van der Waals surface area contributed by atoms with Crippen LogP contribution in [0.4, 0.5) is 0 Å². The van der Waals surface area contributed by atoms with Crippen molar-refractivity contribution in [2.45, 2.75) is 31.8 Å². The van der Waals surface area contributed by atoms with E-state index in [-0.39, 0.29) is 0 Å². The van der Waals surface area contributed by atoms with Gasteiger partial charge in [0.1, 0.15) is 0 Å². The first-order valence-corrected chi connectivity index (χ1v) is 6.66. The highest BCUT2D eigenvalue weighted by molar-refractivity contribution is 9.10.